The Labute approximate surface area is 224 Å². The third-order valence-electron chi connectivity index (χ3n) is 6.38. The molecule has 5 aromatic rings. The molecule has 0 radical (unpaired) electrons. The van der Waals surface area contributed by atoms with Gasteiger partial charge >= 0.3 is 5.97 Å². The third kappa shape index (κ3) is 6.34. The summed E-state index contributed by atoms with van der Waals surface area (Å²) in [6.45, 7) is 0.0835. The van der Waals surface area contributed by atoms with Gasteiger partial charge in [-0.05, 0) is 41.3 Å². The molecule has 5 rings (SSSR count). The number of phenols is 1. The largest absolute Gasteiger partial charge is 0.508 e. The molecule has 0 saturated heterocycles. The first-order valence-corrected chi connectivity index (χ1v) is 12.5. The maximum absolute atomic E-state index is 13.2. The summed E-state index contributed by atoms with van der Waals surface area (Å²) >= 11 is 0. The molecular formula is C30H28N4O5. The van der Waals surface area contributed by atoms with Gasteiger partial charge in [0.05, 0.1) is 6.04 Å². The summed E-state index contributed by atoms with van der Waals surface area (Å²) < 4.78 is 11.0. The molecule has 2 aromatic heterocycles. The number of hydrogen-bond donors (Lipinski definition) is 4. The minimum Gasteiger partial charge on any atom is -0.508 e. The van der Waals surface area contributed by atoms with Crippen molar-refractivity contribution in [1.29, 1.82) is 0 Å². The number of aromatic amines is 1. The number of hydrogen-bond acceptors (Lipinski definition) is 7. The number of nitrogens with zero attached hydrogens (tertiary/aromatic N) is 1. The fourth-order valence-corrected chi connectivity index (χ4v) is 4.31. The number of carbonyl (C=O) groups is 2. The Morgan fingerprint density at radius 2 is 1.72 bits per heavy atom. The van der Waals surface area contributed by atoms with Crippen LogP contribution in [0, 0.1) is 0 Å². The van der Waals surface area contributed by atoms with Crippen LogP contribution in [0.4, 0.5) is 0 Å². The second-order valence-electron chi connectivity index (χ2n) is 9.23. The van der Waals surface area contributed by atoms with Gasteiger partial charge < -0.3 is 30.3 Å². The van der Waals surface area contributed by atoms with Gasteiger partial charge in [0.1, 0.15) is 24.7 Å². The Kier molecular flexibility index (Phi) is 7.70. The summed E-state index contributed by atoms with van der Waals surface area (Å²) in [5.41, 5.74) is 9.76. The van der Waals surface area contributed by atoms with Gasteiger partial charge in [-0.15, -0.1) is 0 Å². The number of rotatable bonds is 10. The predicted molar refractivity (Wildman–Crippen MR) is 145 cm³/mol. The van der Waals surface area contributed by atoms with Crippen molar-refractivity contribution in [2.75, 3.05) is 0 Å². The molecular weight excluding hydrogens is 496 g/mol. The average molecular weight is 525 g/mol. The van der Waals surface area contributed by atoms with E-state index in [1.807, 2.05) is 60.8 Å². The minimum atomic E-state index is -0.966. The highest BCUT2D eigenvalue weighted by Gasteiger charge is 2.27. The number of nitrogens with two attached hydrogens (primary N) is 1. The van der Waals surface area contributed by atoms with Crippen LogP contribution in [-0.4, -0.2) is 33.0 Å². The van der Waals surface area contributed by atoms with Crippen molar-refractivity contribution in [2.24, 2.45) is 5.73 Å². The summed E-state index contributed by atoms with van der Waals surface area (Å²) in [6.07, 6.45) is 3.66. The normalized spacial score (nSPS) is 12.6. The maximum atomic E-state index is 13.2. The van der Waals surface area contributed by atoms with E-state index in [4.69, 9.17) is 14.9 Å². The third-order valence-corrected chi connectivity index (χ3v) is 6.38. The number of aromatic nitrogens is 2. The second-order valence-corrected chi connectivity index (χ2v) is 9.23. The minimum absolute atomic E-state index is 0.00550. The number of esters is 1. The topological polar surface area (TPSA) is 143 Å². The molecule has 198 valence electrons. The summed E-state index contributed by atoms with van der Waals surface area (Å²) in [5, 5.41) is 13.2. The number of amides is 1. The number of benzene rings is 3. The molecule has 0 aliphatic rings. The van der Waals surface area contributed by atoms with Gasteiger partial charge in [-0.2, -0.15) is 0 Å². The van der Waals surface area contributed by atoms with Crippen molar-refractivity contribution >= 4 is 22.8 Å². The lowest BCUT2D eigenvalue weighted by atomic mass is 10.0. The van der Waals surface area contributed by atoms with Crippen molar-refractivity contribution < 1.29 is 23.8 Å². The van der Waals surface area contributed by atoms with Crippen LogP contribution < -0.4 is 11.1 Å². The van der Waals surface area contributed by atoms with E-state index in [-0.39, 0.29) is 30.4 Å². The number of phenolic OH excluding ortho intramolecular Hbond substituents is 1. The Balaban J connectivity index is 1.30. The number of ether oxygens (including phenoxy) is 1. The summed E-state index contributed by atoms with van der Waals surface area (Å²) in [4.78, 5) is 33.8. The number of fused-ring (bicyclic) bond motifs is 1. The smallest absolute Gasteiger partial charge is 0.329 e. The van der Waals surface area contributed by atoms with Crippen LogP contribution >= 0.6 is 0 Å². The van der Waals surface area contributed by atoms with E-state index in [1.54, 1.807) is 24.3 Å². The summed E-state index contributed by atoms with van der Waals surface area (Å²) in [5.74, 6) is -0.798. The van der Waals surface area contributed by atoms with Gasteiger partial charge in [0.2, 0.25) is 5.89 Å². The zero-order valence-corrected chi connectivity index (χ0v) is 21.0. The van der Waals surface area contributed by atoms with Gasteiger partial charge in [0.15, 0.2) is 5.69 Å². The lowest BCUT2D eigenvalue weighted by Crippen LogP contribution is -2.43. The Morgan fingerprint density at radius 3 is 2.51 bits per heavy atom. The molecule has 0 bridgehead atoms. The zero-order chi connectivity index (χ0) is 27.2. The SMILES string of the molecule is NC(Cc1ccc(O)cc1)c1nc(C(=O)NC(Cc2c[nH]c3ccccc23)C(=O)OCc2ccccc2)co1. The first kappa shape index (κ1) is 25.7. The molecule has 5 N–H and O–H groups in total. The van der Waals surface area contributed by atoms with Crippen LogP contribution in [0.2, 0.25) is 0 Å². The number of para-hydroxylation sites is 1. The molecule has 2 atom stereocenters. The number of nitrogens with one attached hydrogen (secondary N) is 2. The molecule has 9 nitrogen and oxygen atoms in total. The van der Waals surface area contributed by atoms with Gasteiger partial charge in [-0.3, -0.25) is 4.79 Å². The van der Waals surface area contributed by atoms with Crippen LogP contribution in [0.1, 0.15) is 39.1 Å². The van der Waals surface area contributed by atoms with E-state index in [1.165, 1.54) is 6.26 Å². The zero-order valence-electron chi connectivity index (χ0n) is 21.0. The maximum Gasteiger partial charge on any atom is 0.329 e. The highest BCUT2D eigenvalue weighted by atomic mass is 16.5. The van der Waals surface area contributed by atoms with E-state index in [9.17, 15) is 14.7 Å². The van der Waals surface area contributed by atoms with Gasteiger partial charge in [0, 0.05) is 23.5 Å². The van der Waals surface area contributed by atoms with Crippen molar-refractivity contribution in [2.45, 2.75) is 31.5 Å². The highest BCUT2D eigenvalue weighted by molar-refractivity contribution is 5.95. The van der Waals surface area contributed by atoms with E-state index < -0.39 is 24.0 Å². The van der Waals surface area contributed by atoms with E-state index in [2.05, 4.69) is 15.3 Å². The lowest BCUT2D eigenvalue weighted by molar-refractivity contribution is -0.147. The Hall–Kier alpha value is -4.89. The summed E-state index contributed by atoms with van der Waals surface area (Å²) in [6, 6.07) is 22.1. The fourth-order valence-electron chi connectivity index (χ4n) is 4.31. The molecule has 1 amide bonds. The highest BCUT2D eigenvalue weighted by Crippen LogP contribution is 2.21. The molecule has 3 aromatic carbocycles. The molecule has 39 heavy (non-hydrogen) atoms. The quantitative estimate of drug-likeness (QED) is 0.201. The van der Waals surface area contributed by atoms with Crippen LogP contribution in [0.25, 0.3) is 10.9 Å². The molecule has 0 fully saturated rings. The molecule has 0 saturated carbocycles. The Bertz CT molecular complexity index is 1560. The van der Waals surface area contributed by atoms with Crippen molar-refractivity contribution in [3.63, 3.8) is 0 Å². The Morgan fingerprint density at radius 1 is 0.974 bits per heavy atom. The molecule has 0 aliphatic carbocycles. The molecule has 9 heteroatoms. The van der Waals surface area contributed by atoms with E-state index in [0.717, 1.165) is 27.6 Å². The molecule has 2 heterocycles. The number of aromatic hydroxyl groups is 1. The molecule has 0 spiro atoms. The molecule has 2 unspecified atom stereocenters. The number of H-pyrrole nitrogens is 1. The van der Waals surface area contributed by atoms with Crippen molar-refractivity contribution in [3.8, 4) is 5.75 Å². The van der Waals surface area contributed by atoms with Gasteiger partial charge in [0.25, 0.3) is 5.91 Å². The number of carbonyl (C=O) groups excluding carboxylic acids is 2. The standard InChI is InChI=1S/C30H28N4O5/c31-24(14-19-10-12-22(35)13-11-19)29-34-27(18-38-29)28(36)33-26(30(37)39-17-20-6-2-1-3-7-20)15-21-16-32-25-9-5-4-8-23(21)25/h1-13,16,18,24,26,32,35H,14-15,17,31H2,(H,33,36). The summed E-state index contributed by atoms with van der Waals surface area (Å²) in [7, 11) is 0. The van der Waals surface area contributed by atoms with E-state index >= 15 is 0 Å². The van der Waals surface area contributed by atoms with Gasteiger partial charge in [-0.1, -0.05) is 60.7 Å². The predicted octanol–water partition coefficient (Wildman–Crippen LogP) is 4.19. The van der Waals surface area contributed by atoms with Crippen LogP contribution in [0.5, 0.6) is 5.75 Å². The first-order chi connectivity index (χ1) is 19.0. The van der Waals surface area contributed by atoms with Crippen LogP contribution in [0.3, 0.4) is 0 Å². The lowest BCUT2D eigenvalue weighted by Gasteiger charge is -2.17. The average Bonchev–Trinajstić information content (AvgIpc) is 3.61. The monoisotopic (exact) mass is 524 g/mol. The fraction of sp³-hybridized carbons (Fsp3) is 0.167. The van der Waals surface area contributed by atoms with Crippen molar-refractivity contribution in [3.05, 3.63) is 120 Å². The second kappa shape index (κ2) is 11.7. The van der Waals surface area contributed by atoms with Crippen LogP contribution in [0.15, 0.2) is 95.7 Å². The van der Waals surface area contributed by atoms with Gasteiger partial charge in [-0.25, -0.2) is 9.78 Å². The van der Waals surface area contributed by atoms with Crippen LogP contribution in [-0.2, 0) is 29.0 Å². The number of oxazole rings is 1. The van der Waals surface area contributed by atoms with Crippen molar-refractivity contribution in [1.82, 2.24) is 15.3 Å². The van der Waals surface area contributed by atoms with E-state index in [0.29, 0.717) is 6.42 Å². The first-order valence-electron chi connectivity index (χ1n) is 12.5. The molecule has 0 aliphatic heterocycles.